The van der Waals surface area contributed by atoms with Crippen LogP contribution >= 0.6 is 0 Å². The molecule has 0 saturated carbocycles. The Balaban J connectivity index is 2.88. The molecule has 1 aromatic rings. The Hall–Kier alpha value is -1.86. The molecule has 0 bridgehead atoms. The Bertz CT molecular complexity index is 488. The minimum absolute atomic E-state index is 0.114. The Labute approximate surface area is 114 Å². The summed E-state index contributed by atoms with van der Waals surface area (Å²) in [6.07, 6.45) is 4.21. The van der Waals surface area contributed by atoms with E-state index in [4.69, 9.17) is 5.73 Å². The van der Waals surface area contributed by atoms with Gasteiger partial charge in [-0.2, -0.15) is 0 Å². The van der Waals surface area contributed by atoms with Crippen molar-refractivity contribution in [2.45, 2.75) is 33.2 Å². The zero-order valence-electron chi connectivity index (χ0n) is 11.7. The highest BCUT2D eigenvalue weighted by Crippen LogP contribution is 2.10. The van der Waals surface area contributed by atoms with Crippen molar-refractivity contribution in [2.24, 2.45) is 11.7 Å². The van der Waals surface area contributed by atoms with Gasteiger partial charge in [-0.05, 0) is 18.9 Å². The molecular formula is C15H21N3O. The minimum atomic E-state index is -0.114. The van der Waals surface area contributed by atoms with Crippen LogP contribution in [0.5, 0.6) is 0 Å². The molecule has 2 atom stereocenters. The minimum Gasteiger partial charge on any atom is -0.349 e. The third-order valence-corrected chi connectivity index (χ3v) is 3.25. The summed E-state index contributed by atoms with van der Waals surface area (Å²) in [5.74, 6) is 5.94. The zero-order valence-corrected chi connectivity index (χ0v) is 11.7. The maximum absolute atomic E-state index is 12.2. The van der Waals surface area contributed by atoms with Gasteiger partial charge < -0.3 is 11.1 Å². The first-order valence-corrected chi connectivity index (χ1v) is 6.54. The Morgan fingerprint density at radius 2 is 2.26 bits per heavy atom. The Kier molecular flexibility index (Phi) is 6.04. The van der Waals surface area contributed by atoms with Gasteiger partial charge in [0, 0.05) is 18.4 Å². The quantitative estimate of drug-likeness (QED) is 0.806. The average Bonchev–Trinajstić information content (AvgIpc) is 2.44. The SMILES string of the molecule is CCC(C)C(C)NC(=O)c1ccncc1C#CCN. The predicted molar refractivity (Wildman–Crippen MR) is 76.6 cm³/mol. The number of amides is 1. The first-order chi connectivity index (χ1) is 9.10. The molecule has 0 aliphatic rings. The Morgan fingerprint density at radius 1 is 1.53 bits per heavy atom. The number of aromatic nitrogens is 1. The van der Waals surface area contributed by atoms with Crippen LogP contribution < -0.4 is 11.1 Å². The van der Waals surface area contributed by atoms with Crippen molar-refractivity contribution >= 4 is 5.91 Å². The second-order valence-corrected chi connectivity index (χ2v) is 4.57. The van der Waals surface area contributed by atoms with E-state index < -0.39 is 0 Å². The van der Waals surface area contributed by atoms with Gasteiger partial charge in [0.25, 0.3) is 5.91 Å². The van der Waals surface area contributed by atoms with E-state index in [1.165, 1.54) is 0 Å². The van der Waals surface area contributed by atoms with E-state index >= 15 is 0 Å². The van der Waals surface area contributed by atoms with Crippen LogP contribution in [-0.4, -0.2) is 23.5 Å². The van der Waals surface area contributed by atoms with Crippen LogP contribution in [0.15, 0.2) is 18.5 Å². The molecule has 0 aromatic carbocycles. The first kappa shape index (κ1) is 15.2. The fourth-order valence-electron chi connectivity index (χ4n) is 1.62. The van der Waals surface area contributed by atoms with Crippen molar-refractivity contribution in [3.05, 3.63) is 29.6 Å². The summed E-state index contributed by atoms with van der Waals surface area (Å²) in [6.45, 7) is 6.50. The van der Waals surface area contributed by atoms with Crippen LogP contribution in [0.1, 0.15) is 43.1 Å². The van der Waals surface area contributed by atoms with Gasteiger partial charge in [0.15, 0.2) is 0 Å². The number of carbonyl (C=O) groups excluding carboxylic acids is 1. The molecule has 1 aromatic heterocycles. The maximum Gasteiger partial charge on any atom is 0.252 e. The fraction of sp³-hybridized carbons (Fsp3) is 0.467. The van der Waals surface area contributed by atoms with E-state index in [1.54, 1.807) is 18.5 Å². The molecule has 0 aliphatic heterocycles. The molecule has 0 saturated heterocycles. The van der Waals surface area contributed by atoms with Gasteiger partial charge in [-0.1, -0.05) is 32.1 Å². The van der Waals surface area contributed by atoms with E-state index in [-0.39, 0.29) is 18.5 Å². The molecule has 1 amide bonds. The molecular weight excluding hydrogens is 238 g/mol. The van der Waals surface area contributed by atoms with E-state index in [2.05, 4.69) is 36.0 Å². The lowest BCUT2D eigenvalue weighted by Gasteiger charge is -2.20. The van der Waals surface area contributed by atoms with E-state index in [9.17, 15) is 4.79 Å². The number of hydrogen-bond donors (Lipinski definition) is 2. The predicted octanol–water partition coefficient (Wildman–Crippen LogP) is 1.56. The van der Waals surface area contributed by atoms with Crippen molar-refractivity contribution in [3.63, 3.8) is 0 Å². The molecule has 2 unspecified atom stereocenters. The lowest BCUT2D eigenvalue weighted by Crippen LogP contribution is -2.37. The Morgan fingerprint density at radius 3 is 2.89 bits per heavy atom. The molecule has 0 spiro atoms. The monoisotopic (exact) mass is 259 g/mol. The molecule has 1 heterocycles. The third kappa shape index (κ3) is 4.38. The first-order valence-electron chi connectivity index (χ1n) is 6.54. The lowest BCUT2D eigenvalue weighted by atomic mass is 10.00. The fourth-order valence-corrected chi connectivity index (χ4v) is 1.62. The highest BCUT2D eigenvalue weighted by molar-refractivity contribution is 5.96. The largest absolute Gasteiger partial charge is 0.349 e. The molecule has 4 heteroatoms. The molecule has 102 valence electrons. The van der Waals surface area contributed by atoms with Gasteiger partial charge in [0.1, 0.15) is 0 Å². The summed E-state index contributed by atoms with van der Waals surface area (Å²) in [4.78, 5) is 16.2. The molecule has 0 aliphatic carbocycles. The number of rotatable bonds is 4. The van der Waals surface area contributed by atoms with Crippen molar-refractivity contribution in [1.29, 1.82) is 0 Å². The van der Waals surface area contributed by atoms with E-state index in [1.807, 2.05) is 6.92 Å². The maximum atomic E-state index is 12.2. The molecule has 3 N–H and O–H groups in total. The van der Waals surface area contributed by atoms with Crippen molar-refractivity contribution in [1.82, 2.24) is 10.3 Å². The van der Waals surface area contributed by atoms with Crippen LogP contribution in [-0.2, 0) is 0 Å². The van der Waals surface area contributed by atoms with Gasteiger partial charge in [0.2, 0.25) is 0 Å². The molecule has 19 heavy (non-hydrogen) atoms. The van der Waals surface area contributed by atoms with Crippen molar-refractivity contribution in [3.8, 4) is 11.8 Å². The van der Waals surface area contributed by atoms with Crippen molar-refractivity contribution in [2.75, 3.05) is 6.54 Å². The van der Waals surface area contributed by atoms with E-state index in [0.29, 0.717) is 17.0 Å². The summed E-state index contributed by atoms with van der Waals surface area (Å²) < 4.78 is 0. The average molecular weight is 259 g/mol. The zero-order chi connectivity index (χ0) is 14.3. The third-order valence-electron chi connectivity index (χ3n) is 3.25. The summed E-state index contributed by atoms with van der Waals surface area (Å²) in [5.41, 5.74) is 6.51. The van der Waals surface area contributed by atoms with Crippen LogP contribution in [0, 0.1) is 17.8 Å². The van der Waals surface area contributed by atoms with Crippen LogP contribution in [0.25, 0.3) is 0 Å². The van der Waals surface area contributed by atoms with Gasteiger partial charge in [-0.25, -0.2) is 0 Å². The van der Waals surface area contributed by atoms with Gasteiger partial charge >= 0.3 is 0 Å². The number of nitrogens with one attached hydrogen (secondary N) is 1. The summed E-state index contributed by atoms with van der Waals surface area (Å²) >= 11 is 0. The summed E-state index contributed by atoms with van der Waals surface area (Å²) in [6, 6.07) is 1.81. The van der Waals surface area contributed by atoms with Crippen molar-refractivity contribution < 1.29 is 4.79 Å². The number of pyridine rings is 1. The topological polar surface area (TPSA) is 68.0 Å². The molecule has 4 nitrogen and oxygen atoms in total. The van der Waals surface area contributed by atoms with Crippen LogP contribution in [0.2, 0.25) is 0 Å². The number of nitrogens with zero attached hydrogens (tertiary/aromatic N) is 1. The second kappa shape index (κ2) is 7.55. The smallest absolute Gasteiger partial charge is 0.252 e. The highest BCUT2D eigenvalue weighted by Gasteiger charge is 2.16. The van der Waals surface area contributed by atoms with Gasteiger partial charge in [0.05, 0.1) is 17.7 Å². The molecule has 0 radical (unpaired) electrons. The molecule has 1 rings (SSSR count). The summed E-state index contributed by atoms with van der Waals surface area (Å²) in [7, 11) is 0. The number of nitrogens with two attached hydrogens (primary N) is 1. The van der Waals surface area contributed by atoms with E-state index in [0.717, 1.165) is 6.42 Å². The summed E-state index contributed by atoms with van der Waals surface area (Å²) in [5, 5.41) is 3.00. The van der Waals surface area contributed by atoms with Gasteiger partial charge in [-0.15, -0.1) is 0 Å². The normalized spacial score (nSPS) is 13.1. The number of carbonyl (C=O) groups is 1. The molecule has 0 fully saturated rings. The standard InChI is InChI=1S/C15H21N3O/c1-4-11(2)12(3)18-15(19)14-7-9-17-10-13(14)6-5-8-16/h7,9-12H,4,8,16H2,1-3H3,(H,18,19). The van der Waals surface area contributed by atoms with Crippen LogP contribution in [0.3, 0.4) is 0 Å². The number of hydrogen-bond acceptors (Lipinski definition) is 3. The van der Waals surface area contributed by atoms with Crippen LogP contribution in [0.4, 0.5) is 0 Å². The van der Waals surface area contributed by atoms with Gasteiger partial charge in [-0.3, -0.25) is 9.78 Å². The lowest BCUT2D eigenvalue weighted by molar-refractivity contribution is 0.0928. The second-order valence-electron chi connectivity index (χ2n) is 4.57. The highest BCUT2D eigenvalue weighted by atomic mass is 16.1.